The molecule has 1 fully saturated rings. The van der Waals surface area contributed by atoms with Gasteiger partial charge in [0.1, 0.15) is 0 Å². The average molecular weight is 265 g/mol. The number of likely N-dealkylation sites (tertiary alicyclic amines) is 1. The summed E-state index contributed by atoms with van der Waals surface area (Å²) in [4.78, 5) is 14.4. The van der Waals surface area contributed by atoms with Gasteiger partial charge in [-0.2, -0.15) is 0 Å². The molecule has 19 heavy (non-hydrogen) atoms. The summed E-state index contributed by atoms with van der Waals surface area (Å²) in [7, 11) is 0. The zero-order valence-corrected chi connectivity index (χ0v) is 12.1. The van der Waals surface area contributed by atoms with Gasteiger partial charge in [-0.1, -0.05) is 25.9 Å². The number of aromatic nitrogens is 1. The largest absolute Gasteiger partial charge is 0.359 e. The van der Waals surface area contributed by atoms with Crippen LogP contribution in [-0.2, 0) is 4.79 Å². The first-order valence-electron chi connectivity index (χ1n) is 6.80. The molecule has 0 radical (unpaired) electrons. The number of rotatable bonds is 2. The summed E-state index contributed by atoms with van der Waals surface area (Å²) in [5, 5.41) is 3.90. The number of amides is 1. The van der Waals surface area contributed by atoms with Crippen molar-refractivity contribution in [3.05, 3.63) is 17.5 Å². The van der Waals surface area contributed by atoms with Crippen molar-refractivity contribution in [2.45, 2.75) is 52.6 Å². The lowest BCUT2D eigenvalue weighted by Gasteiger charge is -2.32. The van der Waals surface area contributed by atoms with E-state index >= 15 is 0 Å². The van der Waals surface area contributed by atoms with Gasteiger partial charge in [-0.15, -0.1) is 0 Å². The summed E-state index contributed by atoms with van der Waals surface area (Å²) >= 11 is 0. The Morgan fingerprint density at radius 3 is 2.79 bits per heavy atom. The summed E-state index contributed by atoms with van der Waals surface area (Å²) in [5.74, 6) is 0.772. The van der Waals surface area contributed by atoms with E-state index in [0.717, 1.165) is 30.8 Å². The summed E-state index contributed by atoms with van der Waals surface area (Å²) in [5.41, 5.74) is 6.69. The molecule has 5 heteroatoms. The molecule has 0 bridgehead atoms. The third kappa shape index (κ3) is 2.81. The highest BCUT2D eigenvalue weighted by Gasteiger charge is 2.38. The fourth-order valence-corrected chi connectivity index (χ4v) is 2.42. The van der Waals surface area contributed by atoms with Gasteiger partial charge >= 0.3 is 0 Å². The maximum atomic E-state index is 12.5. The minimum absolute atomic E-state index is 0.00375. The monoisotopic (exact) mass is 265 g/mol. The smallest absolute Gasteiger partial charge is 0.240 e. The first kappa shape index (κ1) is 14.1. The van der Waals surface area contributed by atoms with Crippen molar-refractivity contribution in [3.8, 4) is 0 Å². The van der Waals surface area contributed by atoms with Gasteiger partial charge in [0.05, 0.1) is 17.8 Å². The molecule has 0 aromatic carbocycles. The number of aryl methyl sites for hydroxylation is 1. The highest BCUT2D eigenvalue weighted by atomic mass is 16.5. The van der Waals surface area contributed by atoms with E-state index in [1.165, 1.54) is 0 Å². The Balaban J connectivity index is 2.17. The van der Waals surface area contributed by atoms with Gasteiger partial charge in [-0.25, -0.2) is 0 Å². The van der Waals surface area contributed by atoms with E-state index in [1.807, 2.05) is 38.7 Å². The van der Waals surface area contributed by atoms with Crippen LogP contribution in [0.1, 0.15) is 51.1 Å². The Morgan fingerprint density at radius 2 is 2.26 bits per heavy atom. The van der Waals surface area contributed by atoms with Crippen molar-refractivity contribution in [2.75, 3.05) is 6.54 Å². The van der Waals surface area contributed by atoms with Crippen LogP contribution in [0.25, 0.3) is 0 Å². The molecule has 2 atom stereocenters. The number of nitrogens with two attached hydrogens (primary N) is 1. The third-order valence-electron chi connectivity index (χ3n) is 3.71. The highest BCUT2D eigenvalue weighted by Crippen LogP contribution is 2.34. The van der Waals surface area contributed by atoms with Crippen LogP contribution in [0, 0.1) is 12.3 Å². The van der Waals surface area contributed by atoms with Crippen LogP contribution in [0.3, 0.4) is 0 Å². The molecule has 0 spiro atoms. The first-order chi connectivity index (χ1) is 8.80. The fraction of sp³-hybridized carbons (Fsp3) is 0.714. The van der Waals surface area contributed by atoms with Gasteiger partial charge in [0.15, 0.2) is 5.76 Å². The molecule has 0 saturated carbocycles. The van der Waals surface area contributed by atoms with Gasteiger partial charge in [0, 0.05) is 12.6 Å². The zero-order chi connectivity index (χ0) is 14.2. The Morgan fingerprint density at radius 1 is 1.58 bits per heavy atom. The SMILES string of the molecule is Cc1cc(C2CCCN2C(=O)C(N)C(C)(C)C)on1. The van der Waals surface area contributed by atoms with E-state index in [1.54, 1.807) is 0 Å². The Labute approximate surface area is 114 Å². The van der Waals surface area contributed by atoms with Crippen molar-refractivity contribution < 1.29 is 9.32 Å². The first-order valence-corrected chi connectivity index (χ1v) is 6.80. The second kappa shape index (κ2) is 4.96. The molecule has 2 rings (SSSR count). The van der Waals surface area contributed by atoms with E-state index in [9.17, 15) is 4.79 Å². The lowest BCUT2D eigenvalue weighted by Crippen LogP contribution is -2.50. The van der Waals surface area contributed by atoms with Crippen LogP contribution in [0.2, 0.25) is 0 Å². The number of nitrogens with zero attached hydrogens (tertiary/aromatic N) is 2. The van der Waals surface area contributed by atoms with E-state index < -0.39 is 6.04 Å². The molecule has 1 saturated heterocycles. The summed E-state index contributed by atoms with van der Waals surface area (Å²) in [6.07, 6.45) is 1.89. The summed E-state index contributed by atoms with van der Waals surface area (Å²) in [6.45, 7) is 8.58. The van der Waals surface area contributed by atoms with Crippen LogP contribution >= 0.6 is 0 Å². The van der Waals surface area contributed by atoms with Crippen molar-refractivity contribution in [1.82, 2.24) is 10.1 Å². The number of hydrogen-bond donors (Lipinski definition) is 1. The van der Waals surface area contributed by atoms with Crippen molar-refractivity contribution in [2.24, 2.45) is 11.1 Å². The summed E-state index contributed by atoms with van der Waals surface area (Å²) in [6, 6.07) is 1.40. The molecule has 1 aliphatic heterocycles. The molecule has 2 unspecified atom stereocenters. The molecule has 1 amide bonds. The van der Waals surface area contributed by atoms with E-state index in [0.29, 0.717) is 0 Å². The molecule has 2 N–H and O–H groups in total. The minimum atomic E-state index is -0.489. The van der Waals surface area contributed by atoms with Crippen LogP contribution < -0.4 is 5.73 Å². The molecule has 5 nitrogen and oxygen atoms in total. The van der Waals surface area contributed by atoms with Crippen LogP contribution in [0.15, 0.2) is 10.6 Å². The average Bonchev–Trinajstić information content (AvgIpc) is 2.93. The second-order valence-electron chi connectivity index (χ2n) is 6.40. The predicted molar refractivity (Wildman–Crippen MR) is 72.4 cm³/mol. The Bertz CT molecular complexity index is 462. The van der Waals surface area contributed by atoms with Crippen LogP contribution in [0.5, 0.6) is 0 Å². The lowest BCUT2D eigenvalue weighted by atomic mass is 9.86. The molecule has 0 aliphatic carbocycles. The molecule has 1 aliphatic rings. The fourth-order valence-electron chi connectivity index (χ4n) is 2.42. The molecule has 2 heterocycles. The standard InChI is InChI=1S/C14H23N3O2/c1-9-8-11(19-16-9)10-6-5-7-17(10)13(18)12(15)14(2,3)4/h8,10,12H,5-7,15H2,1-4H3. The van der Waals surface area contributed by atoms with Gasteiger partial charge in [-0.3, -0.25) is 4.79 Å². The van der Waals surface area contributed by atoms with Gasteiger partial charge in [0.25, 0.3) is 0 Å². The van der Waals surface area contributed by atoms with Crippen molar-refractivity contribution in [3.63, 3.8) is 0 Å². The van der Waals surface area contributed by atoms with Gasteiger partial charge < -0.3 is 15.2 Å². The molecular weight excluding hydrogens is 242 g/mol. The minimum Gasteiger partial charge on any atom is -0.359 e. The lowest BCUT2D eigenvalue weighted by molar-refractivity contribution is -0.136. The Hall–Kier alpha value is -1.36. The number of carbonyl (C=O) groups excluding carboxylic acids is 1. The maximum absolute atomic E-state index is 12.5. The Kier molecular flexibility index (Phi) is 3.67. The van der Waals surface area contributed by atoms with Gasteiger partial charge in [0.2, 0.25) is 5.91 Å². The highest BCUT2D eigenvalue weighted by molar-refractivity contribution is 5.83. The molecule has 106 valence electrons. The molecular formula is C14H23N3O2. The van der Waals surface area contributed by atoms with Crippen molar-refractivity contribution >= 4 is 5.91 Å². The van der Waals surface area contributed by atoms with Gasteiger partial charge in [-0.05, 0) is 25.2 Å². The van der Waals surface area contributed by atoms with Crippen molar-refractivity contribution in [1.29, 1.82) is 0 Å². The third-order valence-corrected chi connectivity index (χ3v) is 3.71. The number of hydrogen-bond acceptors (Lipinski definition) is 4. The van der Waals surface area contributed by atoms with E-state index in [4.69, 9.17) is 10.3 Å². The maximum Gasteiger partial charge on any atom is 0.240 e. The second-order valence-corrected chi connectivity index (χ2v) is 6.40. The van der Waals surface area contributed by atoms with Crippen LogP contribution in [-0.4, -0.2) is 28.6 Å². The quantitative estimate of drug-likeness (QED) is 0.888. The van der Waals surface area contributed by atoms with E-state index in [2.05, 4.69) is 5.16 Å². The predicted octanol–water partition coefficient (Wildman–Crippen LogP) is 2.02. The van der Waals surface area contributed by atoms with Crippen LogP contribution in [0.4, 0.5) is 0 Å². The molecule has 1 aromatic heterocycles. The number of carbonyl (C=O) groups is 1. The zero-order valence-electron chi connectivity index (χ0n) is 12.1. The normalized spacial score (nSPS) is 21.7. The molecule has 1 aromatic rings. The topological polar surface area (TPSA) is 72.4 Å². The van der Waals surface area contributed by atoms with E-state index in [-0.39, 0.29) is 17.4 Å². The summed E-state index contributed by atoms with van der Waals surface area (Å²) < 4.78 is 5.31.